The van der Waals surface area contributed by atoms with E-state index in [1.807, 2.05) is 4.57 Å². The van der Waals surface area contributed by atoms with Crippen molar-refractivity contribution in [2.75, 3.05) is 27.2 Å². The number of likely N-dealkylation sites (N-methyl/N-ethyl adjacent to an activating group) is 1. The maximum atomic E-state index is 12.1. The second-order valence-electron chi connectivity index (χ2n) is 8.28. The molecule has 2 N–H and O–H groups in total. The molecular formula is C23H35N7O. The van der Waals surface area contributed by atoms with Gasteiger partial charge in [-0.15, -0.1) is 10.2 Å². The third kappa shape index (κ3) is 6.29. The molecule has 0 bridgehead atoms. The SMILES string of the molecule is CCc1nncn1CCNC(=NCC(=O)N(C)C)NC(C)c1ccc2c(c1)CCCC2. The van der Waals surface area contributed by atoms with Crippen LogP contribution in [0.15, 0.2) is 29.5 Å². The quantitative estimate of drug-likeness (QED) is 0.500. The maximum absolute atomic E-state index is 12.1. The van der Waals surface area contributed by atoms with E-state index < -0.39 is 0 Å². The summed E-state index contributed by atoms with van der Waals surface area (Å²) in [4.78, 5) is 18.1. The average molecular weight is 426 g/mol. The van der Waals surface area contributed by atoms with Gasteiger partial charge in [0.25, 0.3) is 0 Å². The number of amides is 1. The van der Waals surface area contributed by atoms with Crippen LogP contribution < -0.4 is 10.6 Å². The average Bonchev–Trinajstić information content (AvgIpc) is 3.24. The summed E-state index contributed by atoms with van der Waals surface area (Å²) in [6, 6.07) is 6.86. The number of rotatable bonds is 8. The highest BCUT2D eigenvalue weighted by atomic mass is 16.2. The zero-order valence-corrected chi connectivity index (χ0v) is 19.2. The normalized spacial score (nSPS) is 14.6. The molecule has 1 amide bonds. The molecule has 1 aromatic heterocycles. The van der Waals surface area contributed by atoms with Crippen molar-refractivity contribution in [3.8, 4) is 0 Å². The van der Waals surface area contributed by atoms with Gasteiger partial charge in [0, 0.05) is 33.6 Å². The summed E-state index contributed by atoms with van der Waals surface area (Å²) in [6.07, 6.45) is 7.48. The fraction of sp³-hybridized carbons (Fsp3) is 0.565. The minimum Gasteiger partial charge on any atom is -0.355 e. The Bertz CT molecular complexity index is 903. The summed E-state index contributed by atoms with van der Waals surface area (Å²) < 4.78 is 2.03. The van der Waals surface area contributed by atoms with E-state index in [4.69, 9.17) is 0 Å². The molecule has 1 aliphatic rings. The van der Waals surface area contributed by atoms with Gasteiger partial charge in [-0.05, 0) is 49.3 Å². The maximum Gasteiger partial charge on any atom is 0.243 e. The molecule has 0 saturated heterocycles. The van der Waals surface area contributed by atoms with Crippen LogP contribution in [0.1, 0.15) is 55.2 Å². The highest BCUT2D eigenvalue weighted by Gasteiger charge is 2.14. The molecule has 168 valence electrons. The number of aliphatic imine (C=N–C) groups is 1. The number of guanidine groups is 1. The first-order chi connectivity index (χ1) is 15.0. The molecule has 3 rings (SSSR count). The number of carbonyl (C=O) groups excluding carboxylic acids is 1. The van der Waals surface area contributed by atoms with E-state index in [0.29, 0.717) is 12.5 Å². The Hall–Kier alpha value is -2.90. The van der Waals surface area contributed by atoms with Crippen LogP contribution in [0.3, 0.4) is 0 Å². The zero-order chi connectivity index (χ0) is 22.2. The van der Waals surface area contributed by atoms with Crippen LogP contribution in [0.5, 0.6) is 0 Å². The molecule has 1 unspecified atom stereocenters. The smallest absolute Gasteiger partial charge is 0.243 e. The third-order valence-electron chi connectivity index (χ3n) is 5.75. The van der Waals surface area contributed by atoms with E-state index in [1.165, 1.54) is 36.0 Å². The fourth-order valence-corrected chi connectivity index (χ4v) is 3.79. The van der Waals surface area contributed by atoms with E-state index >= 15 is 0 Å². The van der Waals surface area contributed by atoms with Crippen LogP contribution in [-0.2, 0) is 30.6 Å². The number of hydrogen-bond acceptors (Lipinski definition) is 4. The Morgan fingerprint density at radius 3 is 2.77 bits per heavy atom. The molecular weight excluding hydrogens is 390 g/mol. The summed E-state index contributed by atoms with van der Waals surface area (Å²) in [5, 5.41) is 14.9. The minimum atomic E-state index is -0.0328. The van der Waals surface area contributed by atoms with Crippen molar-refractivity contribution < 1.29 is 4.79 Å². The van der Waals surface area contributed by atoms with Gasteiger partial charge in [0.1, 0.15) is 18.7 Å². The number of fused-ring (bicyclic) bond motifs is 1. The molecule has 1 heterocycles. The molecule has 0 radical (unpaired) electrons. The van der Waals surface area contributed by atoms with Crippen LogP contribution in [-0.4, -0.2) is 58.7 Å². The summed E-state index contributed by atoms with van der Waals surface area (Å²) >= 11 is 0. The second-order valence-corrected chi connectivity index (χ2v) is 8.28. The topological polar surface area (TPSA) is 87.4 Å². The molecule has 1 aliphatic carbocycles. The van der Waals surface area contributed by atoms with Gasteiger partial charge < -0.3 is 20.1 Å². The largest absolute Gasteiger partial charge is 0.355 e. The van der Waals surface area contributed by atoms with Crippen molar-refractivity contribution >= 4 is 11.9 Å². The molecule has 1 aromatic carbocycles. The van der Waals surface area contributed by atoms with Gasteiger partial charge in [-0.3, -0.25) is 4.79 Å². The summed E-state index contributed by atoms with van der Waals surface area (Å²) in [6.45, 7) is 5.68. The second kappa shape index (κ2) is 10.9. The Balaban J connectivity index is 1.66. The first kappa shape index (κ1) is 22.8. The van der Waals surface area contributed by atoms with Gasteiger partial charge in [-0.25, -0.2) is 4.99 Å². The number of carbonyl (C=O) groups is 1. The first-order valence-electron chi connectivity index (χ1n) is 11.2. The highest BCUT2D eigenvalue weighted by molar-refractivity contribution is 5.85. The molecule has 0 aliphatic heterocycles. The Kier molecular flexibility index (Phi) is 8.03. The minimum absolute atomic E-state index is 0.0328. The van der Waals surface area contributed by atoms with Crippen LogP contribution in [0.4, 0.5) is 0 Å². The predicted molar refractivity (Wildman–Crippen MR) is 123 cm³/mol. The summed E-state index contributed by atoms with van der Waals surface area (Å²) in [7, 11) is 3.49. The highest BCUT2D eigenvalue weighted by Crippen LogP contribution is 2.24. The van der Waals surface area contributed by atoms with Gasteiger partial charge in [-0.1, -0.05) is 25.1 Å². The van der Waals surface area contributed by atoms with Gasteiger partial charge >= 0.3 is 0 Å². The molecule has 0 saturated carbocycles. The molecule has 8 nitrogen and oxygen atoms in total. The molecule has 31 heavy (non-hydrogen) atoms. The Morgan fingerprint density at radius 1 is 1.26 bits per heavy atom. The zero-order valence-electron chi connectivity index (χ0n) is 19.2. The van der Waals surface area contributed by atoms with Gasteiger partial charge in [-0.2, -0.15) is 0 Å². The molecule has 1 atom stereocenters. The van der Waals surface area contributed by atoms with E-state index in [-0.39, 0.29) is 18.5 Å². The number of aryl methyl sites for hydroxylation is 3. The van der Waals surface area contributed by atoms with Crippen molar-refractivity contribution in [1.29, 1.82) is 0 Å². The first-order valence-corrected chi connectivity index (χ1v) is 11.2. The molecule has 8 heteroatoms. The van der Waals surface area contributed by atoms with Crippen LogP contribution in [0, 0.1) is 0 Å². The van der Waals surface area contributed by atoms with Gasteiger partial charge in [0.05, 0.1) is 6.04 Å². The number of aromatic nitrogens is 3. The van der Waals surface area contributed by atoms with Crippen LogP contribution in [0.25, 0.3) is 0 Å². The predicted octanol–water partition coefficient (Wildman–Crippen LogP) is 2.10. The van der Waals surface area contributed by atoms with Gasteiger partial charge in [0.15, 0.2) is 5.96 Å². The lowest BCUT2D eigenvalue weighted by molar-refractivity contribution is -0.127. The fourth-order valence-electron chi connectivity index (χ4n) is 3.79. The Morgan fingerprint density at radius 2 is 2.03 bits per heavy atom. The van der Waals surface area contributed by atoms with Crippen molar-refractivity contribution in [2.45, 2.75) is 58.5 Å². The van der Waals surface area contributed by atoms with E-state index in [0.717, 1.165) is 25.2 Å². The lowest BCUT2D eigenvalue weighted by atomic mass is 9.89. The molecule has 0 fully saturated rings. The number of nitrogens with zero attached hydrogens (tertiary/aromatic N) is 5. The molecule has 2 aromatic rings. The lowest BCUT2D eigenvalue weighted by Crippen LogP contribution is -2.41. The summed E-state index contributed by atoms with van der Waals surface area (Å²) in [5.41, 5.74) is 4.18. The van der Waals surface area contributed by atoms with Crippen molar-refractivity contribution in [3.63, 3.8) is 0 Å². The number of benzene rings is 1. The third-order valence-corrected chi connectivity index (χ3v) is 5.75. The number of nitrogens with one attached hydrogen (secondary N) is 2. The number of hydrogen-bond donors (Lipinski definition) is 2. The van der Waals surface area contributed by atoms with E-state index in [1.54, 1.807) is 25.3 Å². The monoisotopic (exact) mass is 425 g/mol. The van der Waals surface area contributed by atoms with Crippen molar-refractivity contribution in [1.82, 2.24) is 30.3 Å². The molecule has 0 spiro atoms. The van der Waals surface area contributed by atoms with Crippen LogP contribution >= 0.6 is 0 Å². The van der Waals surface area contributed by atoms with Crippen molar-refractivity contribution in [2.24, 2.45) is 4.99 Å². The lowest BCUT2D eigenvalue weighted by Gasteiger charge is -2.22. The van der Waals surface area contributed by atoms with E-state index in [9.17, 15) is 4.79 Å². The van der Waals surface area contributed by atoms with Crippen LogP contribution in [0.2, 0.25) is 0 Å². The summed E-state index contributed by atoms with van der Waals surface area (Å²) in [5.74, 6) is 1.56. The van der Waals surface area contributed by atoms with Gasteiger partial charge in [0.2, 0.25) is 5.91 Å². The standard InChI is InChI=1S/C23H35N7O/c1-5-21-28-26-16-30(21)13-12-24-23(25-15-22(31)29(3)4)27-17(2)19-11-10-18-8-6-7-9-20(18)14-19/h10-11,14,16-17H,5-9,12-13,15H2,1-4H3,(H2,24,25,27). The van der Waals surface area contributed by atoms with E-state index in [2.05, 4.69) is 57.9 Å². The van der Waals surface area contributed by atoms with Crippen molar-refractivity contribution in [3.05, 3.63) is 47.0 Å². The Labute approximate surface area is 185 Å².